The number of ether oxygens (including phenoxy) is 1. The van der Waals surface area contributed by atoms with E-state index in [-0.39, 0.29) is 31.5 Å². The highest BCUT2D eigenvalue weighted by Crippen LogP contribution is 2.02. The molecule has 0 aliphatic heterocycles. The van der Waals surface area contributed by atoms with Gasteiger partial charge in [-0.15, -0.1) is 0 Å². The van der Waals surface area contributed by atoms with Crippen LogP contribution >= 0.6 is 0 Å². The summed E-state index contributed by atoms with van der Waals surface area (Å²) in [4.78, 5) is 23.0. The minimum absolute atomic E-state index is 0.00872. The van der Waals surface area contributed by atoms with Crippen LogP contribution in [-0.4, -0.2) is 39.5 Å². The molecule has 0 saturated heterocycles. The van der Waals surface area contributed by atoms with E-state index in [0.717, 1.165) is 17.4 Å². The van der Waals surface area contributed by atoms with Crippen LogP contribution in [0.15, 0.2) is 35.7 Å². The first-order chi connectivity index (χ1) is 11.8. The van der Waals surface area contributed by atoms with Crippen LogP contribution in [0, 0.1) is 0 Å². The Morgan fingerprint density at radius 2 is 1.92 bits per heavy atom. The standard InChI is InChI=1S/C17H24N2O5S/c1-3-14(2)19-16(20)13-24-17(21)9-11-18-25(22,23)12-10-15-7-5-4-6-8-15/h4-8,10,12,14,18H,3,9,11,13H2,1-2H3,(H,19,20)/b12-10+/t14-/m1/s1. The van der Waals surface area contributed by atoms with E-state index >= 15 is 0 Å². The first-order valence-corrected chi connectivity index (χ1v) is 9.55. The van der Waals surface area contributed by atoms with Crippen LogP contribution in [0.2, 0.25) is 0 Å². The van der Waals surface area contributed by atoms with Crippen molar-refractivity contribution >= 4 is 28.0 Å². The first-order valence-electron chi connectivity index (χ1n) is 8.00. The average molecular weight is 368 g/mol. The Hall–Kier alpha value is -2.19. The minimum Gasteiger partial charge on any atom is -0.456 e. The Balaban J connectivity index is 2.30. The fourth-order valence-corrected chi connectivity index (χ4v) is 2.53. The molecule has 1 amide bonds. The van der Waals surface area contributed by atoms with Crippen molar-refractivity contribution in [1.29, 1.82) is 0 Å². The molecule has 0 fully saturated rings. The zero-order chi connectivity index (χ0) is 18.7. The van der Waals surface area contributed by atoms with Crippen molar-refractivity contribution in [2.24, 2.45) is 0 Å². The lowest BCUT2D eigenvalue weighted by atomic mass is 10.2. The molecular weight excluding hydrogens is 344 g/mol. The third kappa shape index (κ3) is 9.63. The maximum Gasteiger partial charge on any atom is 0.307 e. The van der Waals surface area contributed by atoms with E-state index < -0.39 is 16.0 Å². The second-order valence-corrected chi connectivity index (χ2v) is 7.09. The summed E-state index contributed by atoms with van der Waals surface area (Å²) in [5, 5.41) is 3.70. The fraction of sp³-hybridized carbons (Fsp3) is 0.412. The molecule has 1 aromatic rings. The fourth-order valence-electron chi connectivity index (χ4n) is 1.71. The minimum atomic E-state index is -3.64. The van der Waals surface area contributed by atoms with Gasteiger partial charge in [-0.1, -0.05) is 37.3 Å². The molecule has 0 aliphatic carbocycles. The summed E-state index contributed by atoms with van der Waals surface area (Å²) >= 11 is 0. The quantitative estimate of drug-likeness (QED) is 0.608. The highest BCUT2D eigenvalue weighted by molar-refractivity contribution is 7.92. The summed E-state index contributed by atoms with van der Waals surface area (Å²) in [5.41, 5.74) is 0.750. The first kappa shape index (κ1) is 20.9. The van der Waals surface area contributed by atoms with Crippen LogP contribution in [0.25, 0.3) is 6.08 Å². The van der Waals surface area contributed by atoms with E-state index in [1.54, 1.807) is 24.3 Å². The van der Waals surface area contributed by atoms with E-state index in [4.69, 9.17) is 4.74 Å². The highest BCUT2D eigenvalue weighted by atomic mass is 32.2. The lowest BCUT2D eigenvalue weighted by molar-refractivity contribution is -0.148. The van der Waals surface area contributed by atoms with E-state index in [2.05, 4.69) is 10.0 Å². The molecule has 8 heteroatoms. The second kappa shape index (κ2) is 10.6. The third-order valence-corrected chi connectivity index (χ3v) is 4.36. The maximum absolute atomic E-state index is 11.8. The van der Waals surface area contributed by atoms with Crippen LogP contribution in [0.1, 0.15) is 32.3 Å². The summed E-state index contributed by atoms with van der Waals surface area (Å²) in [7, 11) is -3.64. The van der Waals surface area contributed by atoms with Gasteiger partial charge in [0, 0.05) is 18.0 Å². The zero-order valence-electron chi connectivity index (χ0n) is 14.4. The summed E-state index contributed by atoms with van der Waals surface area (Å²) < 4.78 is 30.6. The van der Waals surface area contributed by atoms with Crippen molar-refractivity contribution in [2.75, 3.05) is 13.2 Å². The van der Waals surface area contributed by atoms with Crippen molar-refractivity contribution in [3.8, 4) is 0 Å². The van der Waals surface area contributed by atoms with Crippen molar-refractivity contribution in [1.82, 2.24) is 10.0 Å². The molecule has 0 aliphatic rings. The van der Waals surface area contributed by atoms with Crippen LogP contribution in [0.5, 0.6) is 0 Å². The number of nitrogens with one attached hydrogen (secondary N) is 2. The topological polar surface area (TPSA) is 102 Å². The molecule has 2 N–H and O–H groups in total. The summed E-state index contributed by atoms with van der Waals surface area (Å²) in [5.74, 6) is -1.02. The van der Waals surface area contributed by atoms with Crippen molar-refractivity contribution in [2.45, 2.75) is 32.7 Å². The molecular formula is C17H24N2O5S. The highest BCUT2D eigenvalue weighted by Gasteiger charge is 2.11. The smallest absolute Gasteiger partial charge is 0.307 e. The number of carbonyl (C=O) groups is 2. The van der Waals surface area contributed by atoms with E-state index in [1.807, 2.05) is 19.9 Å². The van der Waals surface area contributed by atoms with Crippen LogP contribution in [0.3, 0.4) is 0 Å². The number of sulfonamides is 1. The molecule has 1 atom stereocenters. The number of rotatable bonds is 10. The Morgan fingerprint density at radius 3 is 2.56 bits per heavy atom. The molecule has 0 spiro atoms. The van der Waals surface area contributed by atoms with Gasteiger partial charge >= 0.3 is 5.97 Å². The largest absolute Gasteiger partial charge is 0.456 e. The van der Waals surface area contributed by atoms with Gasteiger partial charge in [-0.05, 0) is 25.0 Å². The predicted molar refractivity (Wildman–Crippen MR) is 95.9 cm³/mol. The molecule has 0 bridgehead atoms. The van der Waals surface area contributed by atoms with Crippen LogP contribution in [0.4, 0.5) is 0 Å². The van der Waals surface area contributed by atoms with Crippen LogP contribution < -0.4 is 10.0 Å². The van der Waals surface area contributed by atoms with Gasteiger partial charge in [-0.3, -0.25) is 9.59 Å². The normalized spacial score (nSPS) is 12.7. The van der Waals surface area contributed by atoms with Gasteiger partial charge in [0.15, 0.2) is 6.61 Å². The Labute approximate surface area is 148 Å². The SMILES string of the molecule is CC[C@@H](C)NC(=O)COC(=O)CCNS(=O)(=O)/C=C/c1ccccc1. The molecule has 0 heterocycles. The molecule has 0 radical (unpaired) electrons. The Kier molecular flexibility index (Phi) is 8.87. The Bertz CT molecular complexity index is 686. The molecule has 138 valence electrons. The summed E-state index contributed by atoms with van der Waals surface area (Å²) in [6.45, 7) is 3.30. The monoisotopic (exact) mass is 368 g/mol. The van der Waals surface area contributed by atoms with Gasteiger partial charge in [0.1, 0.15) is 0 Å². The van der Waals surface area contributed by atoms with Crippen molar-refractivity contribution < 1.29 is 22.7 Å². The molecule has 25 heavy (non-hydrogen) atoms. The molecule has 0 unspecified atom stereocenters. The van der Waals surface area contributed by atoms with E-state index in [9.17, 15) is 18.0 Å². The second-order valence-electron chi connectivity index (χ2n) is 5.44. The lowest BCUT2D eigenvalue weighted by Gasteiger charge is -2.11. The number of amides is 1. The van der Waals surface area contributed by atoms with Gasteiger partial charge in [0.25, 0.3) is 5.91 Å². The number of carbonyl (C=O) groups excluding carboxylic acids is 2. The molecule has 1 aromatic carbocycles. The summed E-state index contributed by atoms with van der Waals surface area (Å²) in [6, 6.07) is 8.98. The van der Waals surface area contributed by atoms with E-state index in [0.29, 0.717) is 0 Å². The zero-order valence-corrected chi connectivity index (χ0v) is 15.2. The van der Waals surface area contributed by atoms with Crippen molar-refractivity contribution in [3.63, 3.8) is 0 Å². The predicted octanol–water partition coefficient (Wildman–Crippen LogP) is 1.42. The van der Waals surface area contributed by atoms with Crippen LogP contribution in [-0.2, 0) is 24.3 Å². The number of benzene rings is 1. The maximum atomic E-state index is 11.8. The van der Waals surface area contributed by atoms with Crippen molar-refractivity contribution in [3.05, 3.63) is 41.3 Å². The average Bonchev–Trinajstić information content (AvgIpc) is 2.59. The lowest BCUT2D eigenvalue weighted by Crippen LogP contribution is -2.35. The van der Waals surface area contributed by atoms with Gasteiger partial charge in [-0.25, -0.2) is 13.1 Å². The number of esters is 1. The van der Waals surface area contributed by atoms with Gasteiger partial charge in [0.05, 0.1) is 6.42 Å². The van der Waals surface area contributed by atoms with E-state index in [1.165, 1.54) is 6.08 Å². The van der Waals surface area contributed by atoms with Gasteiger partial charge < -0.3 is 10.1 Å². The molecule has 0 saturated carbocycles. The number of hydrogen-bond acceptors (Lipinski definition) is 5. The summed E-state index contributed by atoms with van der Waals surface area (Å²) in [6.07, 6.45) is 2.08. The molecule has 0 aromatic heterocycles. The van der Waals surface area contributed by atoms with Gasteiger partial charge in [-0.2, -0.15) is 0 Å². The number of hydrogen-bond donors (Lipinski definition) is 2. The Morgan fingerprint density at radius 1 is 1.24 bits per heavy atom. The van der Waals surface area contributed by atoms with Gasteiger partial charge in [0.2, 0.25) is 10.0 Å². The third-order valence-electron chi connectivity index (χ3n) is 3.26. The molecule has 7 nitrogen and oxygen atoms in total. The molecule has 1 rings (SSSR count).